The highest BCUT2D eigenvalue weighted by atomic mass is 32.2. The fourth-order valence-corrected chi connectivity index (χ4v) is 5.97. The minimum atomic E-state index is -3.48. The van der Waals surface area contributed by atoms with E-state index in [2.05, 4.69) is 6.92 Å². The molecule has 6 heteroatoms. The van der Waals surface area contributed by atoms with E-state index in [1.807, 2.05) is 17.0 Å². The molecule has 4 rings (SSSR count). The molecule has 0 bridgehead atoms. The molecule has 1 aromatic carbocycles. The van der Waals surface area contributed by atoms with Crippen LogP contribution in [0.25, 0.3) is 0 Å². The monoisotopic (exact) mass is 390 g/mol. The first kappa shape index (κ1) is 18.9. The van der Waals surface area contributed by atoms with Gasteiger partial charge in [-0.3, -0.25) is 4.79 Å². The van der Waals surface area contributed by atoms with E-state index in [1.54, 1.807) is 12.1 Å². The molecule has 1 saturated heterocycles. The van der Waals surface area contributed by atoms with Gasteiger partial charge in [0.15, 0.2) is 0 Å². The number of benzene rings is 1. The minimum Gasteiger partial charge on any atom is -0.340 e. The van der Waals surface area contributed by atoms with Crippen molar-refractivity contribution >= 4 is 15.9 Å². The molecule has 2 atom stereocenters. The van der Waals surface area contributed by atoms with Gasteiger partial charge in [-0.2, -0.15) is 4.31 Å². The second-order valence-electron chi connectivity index (χ2n) is 8.45. The Morgan fingerprint density at radius 2 is 1.56 bits per heavy atom. The lowest BCUT2D eigenvalue weighted by atomic mass is 9.84. The molecule has 0 unspecified atom stereocenters. The molecule has 27 heavy (non-hydrogen) atoms. The third kappa shape index (κ3) is 3.92. The van der Waals surface area contributed by atoms with Crippen LogP contribution in [0.2, 0.25) is 0 Å². The molecular formula is C21H30N2O3S. The summed E-state index contributed by atoms with van der Waals surface area (Å²) in [5, 5.41) is 0. The number of rotatable bonds is 4. The molecule has 2 saturated carbocycles. The lowest BCUT2D eigenvalue weighted by Gasteiger charge is -2.34. The fourth-order valence-electron chi connectivity index (χ4n) is 4.55. The molecule has 0 radical (unpaired) electrons. The van der Waals surface area contributed by atoms with Crippen LogP contribution in [-0.4, -0.2) is 49.7 Å². The Hall–Kier alpha value is -1.40. The molecule has 5 nitrogen and oxygen atoms in total. The van der Waals surface area contributed by atoms with E-state index in [-0.39, 0.29) is 11.8 Å². The summed E-state index contributed by atoms with van der Waals surface area (Å²) in [5.41, 5.74) is 1.27. The van der Waals surface area contributed by atoms with Gasteiger partial charge in [0.2, 0.25) is 15.9 Å². The van der Waals surface area contributed by atoms with E-state index < -0.39 is 10.0 Å². The Morgan fingerprint density at radius 3 is 2.11 bits per heavy atom. The molecule has 1 amide bonds. The summed E-state index contributed by atoms with van der Waals surface area (Å²) in [4.78, 5) is 14.6. The predicted octanol–water partition coefficient (Wildman–Crippen LogP) is 3.22. The van der Waals surface area contributed by atoms with Gasteiger partial charge >= 0.3 is 0 Å². The SMILES string of the molecule is C[C@H]1C[C@@H]1C(=O)N1CCN(S(=O)(=O)c2ccc(C3CCCCC3)cc2)CC1. The van der Waals surface area contributed by atoms with Gasteiger partial charge in [-0.05, 0) is 48.8 Å². The van der Waals surface area contributed by atoms with Crippen LogP contribution in [0.3, 0.4) is 0 Å². The Labute approximate surface area is 162 Å². The van der Waals surface area contributed by atoms with Crippen molar-refractivity contribution in [3.8, 4) is 0 Å². The van der Waals surface area contributed by atoms with E-state index in [4.69, 9.17) is 0 Å². The molecule has 0 spiro atoms. The first-order chi connectivity index (χ1) is 13.0. The molecule has 3 fully saturated rings. The van der Waals surface area contributed by atoms with Crippen molar-refractivity contribution in [2.75, 3.05) is 26.2 Å². The second kappa shape index (κ2) is 7.55. The number of carbonyl (C=O) groups excluding carboxylic acids is 1. The number of hydrogen-bond donors (Lipinski definition) is 0. The van der Waals surface area contributed by atoms with Gasteiger partial charge in [0, 0.05) is 32.1 Å². The Bertz CT molecular complexity index is 776. The second-order valence-corrected chi connectivity index (χ2v) is 10.4. The predicted molar refractivity (Wildman–Crippen MR) is 105 cm³/mol. The number of nitrogens with zero attached hydrogens (tertiary/aromatic N) is 2. The van der Waals surface area contributed by atoms with Crippen LogP contribution >= 0.6 is 0 Å². The third-order valence-electron chi connectivity index (χ3n) is 6.57. The molecule has 1 aromatic rings. The van der Waals surface area contributed by atoms with Crippen LogP contribution < -0.4 is 0 Å². The first-order valence-electron chi connectivity index (χ1n) is 10.4. The van der Waals surface area contributed by atoms with Crippen molar-refractivity contribution in [2.45, 2.75) is 56.3 Å². The normalized spacial score (nSPS) is 27.5. The maximum absolute atomic E-state index is 13.0. The molecule has 3 aliphatic rings. The van der Waals surface area contributed by atoms with Gasteiger partial charge in [-0.15, -0.1) is 0 Å². The van der Waals surface area contributed by atoms with Crippen molar-refractivity contribution in [3.05, 3.63) is 29.8 Å². The van der Waals surface area contributed by atoms with E-state index in [0.29, 0.717) is 42.9 Å². The number of piperazine rings is 1. The third-order valence-corrected chi connectivity index (χ3v) is 8.48. The van der Waals surface area contributed by atoms with Crippen molar-refractivity contribution < 1.29 is 13.2 Å². The molecule has 1 aliphatic heterocycles. The van der Waals surface area contributed by atoms with Crippen LogP contribution in [-0.2, 0) is 14.8 Å². The summed E-state index contributed by atoms with van der Waals surface area (Å²) in [5.74, 6) is 1.44. The largest absolute Gasteiger partial charge is 0.340 e. The average Bonchev–Trinajstić information content (AvgIpc) is 3.45. The summed E-state index contributed by atoms with van der Waals surface area (Å²) in [6.07, 6.45) is 7.26. The Morgan fingerprint density at radius 1 is 0.963 bits per heavy atom. The summed E-state index contributed by atoms with van der Waals surface area (Å²) >= 11 is 0. The van der Waals surface area contributed by atoms with Crippen molar-refractivity contribution in [2.24, 2.45) is 11.8 Å². The van der Waals surface area contributed by atoms with Crippen molar-refractivity contribution in [1.82, 2.24) is 9.21 Å². The molecular weight excluding hydrogens is 360 g/mol. The summed E-state index contributed by atoms with van der Waals surface area (Å²) < 4.78 is 27.5. The maximum atomic E-state index is 13.0. The maximum Gasteiger partial charge on any atom is 0.243 e. The number of carbonyl (C=O) groups is 1. The van der Waals surface area contributed by atoms with Crippen LogP contribution in [0.15, 0.2) is 29.2 Å². The van der Waals surface area contributed by atoms with Crippen LogP contribution in [0, 0.1) is 11.8 Å². The quantitative estimate of drug-likeness (QED) is 0.793. The van der Waals surface area contributed by atoms with E-state index in [9.17, 15) is 13.2 Å². The topological polar surface area (TPSA) is 57.7 Å². The molecule has 1 heterocycles. The zero-order valence-corrected chi connectivity index (χ0v) is 17.0. The number of sulfonamides is 1. The van der Waals surface area contributed by atoms with Gasteiger partial charge in [-0.1, -0.05) is 38.3 Å². The minimum absolute atomic E-state index is 0.167. The van der Waals surface area contributed by atoms with Crippen molar-refractivity contribution in [3.63, 3.8) is 0 Å². The molecule has 2 aliphatic carbocycles. The number of amides is 1. The highest BCUT2D eigenvalue weighted by Crippen LogP contribution is 2.39. The zero-order chi connectivity index (χ0) is 19.0. The highest BCUT2D eigenvalue weighted by molar-refractivity contribution is 7.89. The van der Waals surface area contributed by atoms with E-state index >= 15 is 0 Å². The Kier molecular flexibility index (Phi) is 5.30. The van der Waals surface area contributed by atoms with Gasteiger partial charge in [0.25, 0.3) is 0 Å². The summed E-state index contributed by atoms with van der Waals surface area (Å²) in [6, 6.07) is 7.53. The van der Waals surface area contributed by atoms with E-state index in [1.165, 1.54) is 42.0 Å². The van der Waals surface area contributed by atoms with Crippen LogP contribution in [0.1, 0.15) is 56.9 Å². The van der Waals surface area contributed by atoms with Crippen LogP contribution in [0.5, 0.6) is 0 Å². The smallest absolute Gasteiger partial charge is 0.243 e. The number of hydrogen-bond acceptors (Lipinski definition) is 3. The lowest BCUT2D eigenvalue weighted by Crippen LogP contribution is -2.51. The summed E-state index contributed by atoms with van der Waals surface area (Å²) in [7, 11) is -3.48. The Balaban J connectivity index is 1.39. The van der Waals surface area contributed by atoms with Gasteiger partial charge in [0.1, 0.15) is 0 Å². The zero-order valence-electron chi connectivity index (χ0n) is 16.1. The van der Waals surface area contributed by atoms with E-state index in [0.717, 1.165) is 6.42 Å². The average molecular weight is 391 g/mol. The van der Waals surface area contributed by atoms with Gasteiger partial charge in [0.05, 0.1) is 4.90 Å². The van der Waals surface area contributed by atoms with Gasteiger partial charge < -0.3 is 4.90 Å². The fraction of sp³-hybridized carbons (Fsp3) is 0.667. The van der Waals surface area contributed by atoms with Gasteiger partial charge in [-0.25, -0.2) is 8.42 Å². The molecule has 0 aromatic heterocycles. The first-order valence-corrected chi connectivity index (χ1v) is 11.8. The standard InChI is InChI=1S/C21H30N2O3S/c1-16-15-20(16)21(24)22-11-13-23(14-12-22)27(25,26)19-9-7-18(8-10-19)17-5-3-2-4-6-17/h7-10,16-17,20H,2-6,11-15H2,1H3/t16-,20-/m0/s1. The molecule has 148 valence electrons. The van der Waals surface area contributed by atoms with Crippen LogP contribution in [0.4, 0.5) is 0 Å². The lowest BCUT2D eigenvalue weighted by molar-refractivity contribution is -0.134. The summed E-state index contributed by atoms with van der Waals surface area (Å²) in [6.45, 7) is 3.88. The highest BCUT2D eigenvalue weighted by Gasteiger charge is 2.42. The van der Waals surface area contributed by atoms with Crippen molar-refractivity contribution in [1.29, 1.82) is 0 Å². The molecule has 0 N–H and O–H groups in total.